The normalized spacial score (nSPS) is 29.7. The minimum atomic E-state index is 0.725. The maximum atomic E-state index is 5.17. The first-order valence-corrected chi connectivity index (χ1v) is 4.98. The van der Waals surface area contributed by atoms with Crippen LogP contribution in [0.15, 0.2) is 0 Å². The summed E-state index contributed by atoms with van der Waals surface area (Å²) < 4.78 is 0. The predicted octanol–water partition coefficient (Wildman–Crippen LogP) is 2.04. The molecule has 1 aliphatic rings. The predicted molar refractivity (Wildman–Crippen MR) is 52.8 cm³/mol. The summed E-state index contributed by atoms with van der Waals surface area (Å²) in [5.41, 5.74) is 0. The van der Waals surface area contributed by atoms with Crippen molar-refractivity contribution in [3.8, 4) is 12.3 Å². The summed E-state index contributed by atoms with van der Waals surface area (Å²) in [5, 5.41) is 3.30. The fourth-order valence-electron chi connectivity index (χ4n) is 2.03. The van der Waals surface area contributed by atoms with Crippen LogP contribution in [-0.4, -0.2) is 13.1 Å². The van der Waals surface area contributed by atoms with E-state index in [4.69, 9.17) is 6.42 Å². The average Bonchev–Trinajstić information content (AvgIpc) is 2.09. The molecule has 1 aliphatic carbocycles. The lowest BCUT2D eigenvalue weighted by molar-refractivity contribution is 0.250. The van der Waals surface area contributed by atoms with Crippen LogP contribution in [0.3, 0.4) is 0 Å². The fraction of sp³-hybridized carbons (Fsp3) is 0.818. The van der Waals surface area contributed by atoms with Crippen LogP contribution < -0.4 is 5.32 Å². The molecule has 1 fully saturated rings. The van der Waals surface area contributed by atoms with Gasteiger partial charge < -0.3 is 5.32 Å². The number of hydrogen-bond donors (Lipinski definition) is 1. The van der Waals surface area contributed by atoms with Gasteiger partial charge in [0.15, 0.2) is 0 Å². The van der Waals surface area contributed by atoms with Gasteiger partial charge in [-0.2, -0.15) is 0 Å². The lowest BCUT2D eigenvalue weighted by Crippen LogP contribution is -2.29. The molecule has 0 aromatic rings. The van der Waals surface area contributed by atoms with Crippen LogP contribution >= 0.6 is 0 Å². The molecule has 0 radical (unpaired) electrons. The molecule has 1 N–H and O–H groups in total. The molecule has 0 bridgehead atoms. The zero-order chi connectivity index (χ0) is 8.81. The van der Waals surface area contributed by atoms with Crippen molar-refractivity contribution in [2.75, 3.05) is 13.1 Å². The van der Waals surface area contributed by atoms with Crippen molar-refractivity contribution in [2.24, 2.45) is 11.8 Å². The second kappa shape index (κ2) is 5.22. The molecule has 0 aromatic heterocycles. The van der Waals surface area contributed by atoms with E-state index in [1.165, 1.54) is 25.7 Å². The highest BCUT2D eigenvalue weighted by atomic mass is 14.8. The van der Waals surface area contributed by atoms with Crippen LogP contribution in [0.2, 0.25) is 0 Å². The summed E-state index contributed by atoms with van der Waals surface area (Å²) in [6.07, 6.45) is 10.8. The molecule has 2 atom stereocenters. The van der Waals surface area contributed by atoms with Gasteiger partial charge in [0.05, 0.1) is 6.54 Å². The summed E-state index contributed by atoms with van der Waals surface area (Å²) >= 11 is 0. The van der Waals surface area contributed by atoms with E-state index in [-0.39, 0.29) is 0 Å². The van der Waals surface area contributed by atoms with Gasteiger partial charge in [-0.15, -0.1) is 6.42 Å². The van der Waals surface area contributed by atoms with E-state index in [2.05, 4.69) is 18.2 Å². The lowest BCUT2D eigenvalue weighted by atomic mass is 9.80. The first kappa shape index (κ1) is 9.61. The van der Waals surface area contributed by atoms with Gasteiger partial charge in [0.25, 0.3) is 0 Å². The number of hydrogen-bond acceptors (Lipinski definition) is 1. The Morgan fingerprint density at radius 2 is 2.17 bits per heavy atom. The molecular formula is C11H19N. The summed E-state index contributed by atoms with van der Waals surface area (Å²) in [5.74, 6) is 4.37. The molecular weight excluding hydrogens is 146 g/mol. The number of nitrogens with one attached hydrogen (secondary N) is 1. The van der Waals surface area contributed by atoms with E-state index in [9.17, 15) is 0 Å². The first-order valence-electron chi connectivity index (χ1n) is 4.98. The summed E-state index contributed by atoms with van der Waals surface area (Å²) in [6.45, 7) is 4.20. The molecule has 0 aromatic carbocycles. The number of rotatable bonds is 3. The van der Waals surface area contributed by atoms with Crippen molar-refractivity contribution >= 4 is 0 Å². The average molecular weight is 165 g/mol. The Balaban J connectivity index is 2.16. The summed E-state index contributed by atoms with van der Waals surface area (Å²) in [4.78, 5) is 0. The maximum Gasteiger partial charge on any atom is 0.0573 e. The molecule has 1 heteroatoms. The van der Waals surface area contributed by atoms with Gasteiger partial charge in [-0.1, -0.05) is 32.1 Å². The molecule has 0 aliphatic heterocycles. The van der Waals surface area contributed by atoms with Crippen LogP contribution in [0.1, 0.15) is 32.6 Å². The maximum absolute atomic E-state index is 5.17. The smallest absolute Gasteiger partial charge is 0.0573 e. The van der Waals surface area contributed by atoms with Gasteiger partial charge in [-0.25, -0.2) is 0 Å². The second-order valence-corrected chi connectivity index (χ2v) is 3.86. The van der Waals surface area contributed by atoms with Crippen LogP contribution in [0, 0.1) is 24.2 Å². The van der Waals surface area contributed by atoms with Crippen LogP contribution in [0.4, 0.5) is 0 Å². The first-order chi connectivity index (χ1) is 5.84. The van der Waals surface area contributed by atoms with Gasteiger partial charge >= 0.3 is 0 Å². The third kappa shape index (κ3) is 2.87. The second-order valence-electron chi connectivity index (χ2n) is 3.86. The molecule has 0 heterocycles. The van der Waals surface area contributed by atoms with E-state index in [0.717, 1.165) is 24.9 Å². The van der Waals surface area contributed by atoms with Gasteiger partial charge in [0, 0.05) is 0 Å². The largest absolute Gasteiger partial charge is 0.306 e. The Morgan fingerprint density at radius 3 is 2.83 bits per heavy atom. The number of terminal acetylenes is 1. The Bertz CT molecular complexity index is 157. The molecule has 1 saturated carbocycles. The molecule has 12 heavy (non-hydrogen) atoms. The van der Waals surface area contributed by atoms with Crippen molar-refractivity contribution in [2.45, 2.75) is 32.6 Å². The highest BCUT2D eigenvalue weighted by molar-refractivity contribution is 4.87. The topological polar surface area (TPSA) is 12.0 Å². The van der Waals surface area contributed by atoms with Gasteiger partial charge in [-0.05, 0) is 24.8 Å². The zero-order valence-corrected chi connectivity index (χ0v) is 7.97. The van der Waals surface area contributed by atoms with Gasteiger partial charge in [-0.3, -0.25) is 0 Å². The molecule has 0 amide bonds. The third-order valence-electron chi connectivity index (χ3n) is 2.92. The molecule has 0 saturated heterocycles. The van der Waals surface area contributed by atoms with Crippen molar-refractivity contribution in [1.29, 1.82) is 0 Å². The monoisotopic (exact) mass is 165 g/mol. The Kier molecular flexibility index (Phi) is 4.18. The Labute approximate surface area is 75.9 Å². The van der Waals surface area contributed by atoms with Gasteiger partial charge in [0.1, 0.15) is 0 Å². The van der Waals surface area contributed by atoms with Crippen LogP contribution in [-0.2, 0) is 0 Å². The molecule has 1 nitrogen and oxygen atoms in total. The van der Waals surface area contributed by atoms with Crippen molar-refractivity contribution in [3.05, 3.63) is 0 Å². The zero-order valence-electron chi connectivity index (χ0n) is 7.97. The van der Waals surface area contributed by atoms with Crippen molar-refractivity contribution in [1.82, 2.24) is 5.32 Å². The van der Waals surface area contributed by atoms with Crippen molar-refractivity contribution in [3.63, 3.8) is 0 Å². The Hall–Kier alpha value is -0.480. The fourth-order valence-corrected chi connectivity index (χ4v) is 2.03. The van der Waals surface area contributed by atoms with E-state index < -0.39 is 0 Å². The summed E-state index contributed by atoms with van der Waals surface area (Å²) in [7, 11) is 0. The lowest BCUT2D eigenvalue weighted by Gasteiger charge is -2.28. The molecule has 0 spiro atoms. The minimum absolute atomic E-state index is 0.725. The van der Waals surface area contributed by atoms with Crippen molar-refractivity contribution < 1.29 is 0 Å². The van der Waals surface area contributed by atoms with Crippen LogP contribution in [0.5, 0.6) is 0 Å². The highest BCUT2D eigenvalue weighted by Crippen LogP contribution is 2.28. The van der Waals surface area contributed by atoms with E-state index in [1.807, 2.05) is 0 Å². The van der Waals surface area contributed by atoms with E-state index in [1.54, 1.807) is 0 Å². The third-order valence-corrected chi connectivity index (χ3v) is 2.92. The minimum Gasteiger partial charge on any atom is -0.306 e. The van der Waals surface area contributed by atoms with Crippen LogP contribution in [0.25, 0.3) is 0 Å². The van der Waals surface area contributed by atoms with E-state index in [0.29, 0.717) is 0 Å². The summed E-state index contributed by atoms with van der Waals surface area (Å²) in [6, 6.07) is 0. The van der Waals surface area contributed by atoms with Gasteiger partial charge in [0.2, 0.25) is 0 Å². The highest BCUT2D eigenvalue weighted by Gasteiger charge is 2.20. The standard InChI is InChI=1S/C11H19N/c1-3-8-12-9-11-7-5-4-6-10(11)2/h1,10-12H,4-9H2,2H3. The SMILES string of the molecule is C#CCNCC1CCCCC1C. The quantitative estimate of drug-likeness (QED) is 0.498. The Morgan fingerprint density at radius 1 is 1.42 bits per heavy atom. The molecule has 1 rings (SSSR count). The molecule has 68 valence electrons. The molecule has 2 unspecified atom stereocenters. The van der Waals surface area contributed by atoms with E-state index >= 15 is 0 Å².